The summed E-state index contributed by atoms with van der Waals surface area (Å²) in [5.74, 6) is 0. The van der Waals surface area contributed by atoms with E-state index in [9.17, 15) is 0 Å². The van der Waals surface area contributed by atoms with E-state index in [1.54, 1.807) is 0 Å². The highest BCUT2D eigenvalue weighted by Gasteiger charge is 2.03. The molecule has 0 spiro atoms. The van der Waals surface area contributed by atoms with Gasteiger partial charge in [-0.3, -0.25) is 4.68 Å². The van der Waals surface area contributed by atoms with Crippen LogP contribution >= 0.6 is 0 Å². The van der Waals surface area contributed by atoms with Crippen LogP contribution in [0.3, 0.4) is 0 Å². The smallest absolute Gasteiger partial charge is 0.0710 e. The predicted molar refractivity (Wildman–Crippen MR) is 50.2 cm³/mol. The van der Waals surface area contributed by atoms with Crippen molar-refractivity contribution in [2.75, 3.05) is 0 Å². The van der Waals surface area contributed by atoms with Gasteiger partial charge in [0.2, 0.25) is 0 Å². The Hall–Kier alpha value is -1.31. The molecule has 1 aromatic heterocycles. The second-order valence-electron chi connectivity index (χ2n) is 3.23. The summed E-state index contributed by atoms with van der Waals surface area (Å²) in [6, 6.07) is 4.28. The molecule has 2 nitrogen and oxygen atoms in total. The van der Waals surface area contributed by atoms with Crippen LogP contribution in [-0.2, 0) is 7.05 Å². The molecule has 0 radical (unpaired) electrons. The first-order chi connectivity index (χ1) is 5.70. The molecule has 62 valence electrons. The lowest BCUT2D eigenvalue weighted by Gasteiger charge is -2.00. The second-order valence-corrected chi connectivity index (χ2v) is 3.23. The summed E-state index contributed by atoms with van der Waals surface area (Å²) in [7, 11) is 1.98. The average Bonchev–Trinajstić information content (AvgIpc) is 2.42. The Morgan fingerprint density at radius 2 is 1.83 bits per heavy atom. The fraction of sp³-hybridized carbons (Fsp3) is 0.300. The number of fused-ring (bicyclic) bond motifs is 1. The van der Waals surface area contributed by atoms with Crippen molar-refractivity contribution in [2.45, 2.75) is 13.8 Å². The molecule has 0 aliphatic carbocycles. The molecule has 0 N–H and O–H groups in total. The maximum Gasteiger partial charge on any atom is 0.0710 e. The van der Waals surface area contributed by atoms with Crippen LogP contribution in [0.5, 0.6) is 0 Å². The van der Waals surface area contributed by atoms with Crippen molar-refractivity contribution in [3.63, 3.8) is 0 Å². The Kier molecular flexibility index (Phi) is 1.43. The molecule has 1 aromatic carbocycles. The summed E-state index contributed by atoms with van der Waals surface area (Å²) in [6.45, 7) is 4.23. The van der Waals surface area contributed by atoms with E-state index in [4.69, 9.17) is 0 Å². The molecule has 2 aromatic rings. The Morgan fingerprint density at radius 3 is 2.50 bits per heavy atom. The number of hydrogen-bond acceptors (Lipinski definition) is 1. The second kappa shape index (κ2) is 2.34. The Morgan fingerprint density at radius 1 is 1.17 bits per heavy atom. The summed E-state index contributed by atoms with van der Waals surface area (Å²) >= 11 is 0. The lowest BCUT2D eigenvalue weighted by molar-refractivity contribution is 0.794. The van der Waals surface area contributed by atoms with Crippen LogP contribution in [0.25, 0.3) is 10.9 Å². The summed E-state index contributed by atoms with van der Waals surface area (Å²) in [6.07, 6.45) is 1.93. The molecule has 0 amide bonds. The number of aryl methyl sites for hydroxylation is 3. The highest BCUT2D eigenvalue weighted by atomic mass is 15.2. The third-order valence-electron chi connectivity index (χ3n) is 2.32. The first kappa shape index (κ1) is 7.35. The minimum Gasteiger partial charge on any atom is -0.268 e. The number of aromatic nitrogens is 2. The minimum atomic E-state index is 1.25. The van der Waals surface area contributed by atoms with Gasteiger partial charge in [-0.05, 0) is 25.0 Å². The minimum absolute atomic E-state index is 1.25. The van der Waals surface area contributed by atoms with E-state index in [1.165, 1.54) is 22.0 Å². The highest BCUT2D eigenvalue weighted by Crippen LogP contribution is 2.20. The van der Waals surface area contributed by atoms with E-state index >= 15 is 0 Å². The molecule has 2 heteroatoms. The van der Waals surface area contributed by atoms with Crippen molar-refractivity contribution in [1.29, 1.82) is 0 Å². The van der Waals surface area contributed by atoms with Gasteiger partial charge in [0.05, 0.1) is 11.7 Å². The SMILES string of the molecule is Cc1ccc(C)c2c1cnn2C. The number of rotatable bonds is 0. The van der Waals surface area contributed by atoms with Gasteiger partial charge in [-0.1, -0.05) is 12.1 Å². The number of nitrogens with zero attached hydrogens (tertiary/aromatic N) is 2. The highest BCUT2D eigenvalue weighted by molar-refractivity contribution is 5.84. The van der Waals surface area contributed by atoms with Crippen molar-refractivity contribution in [1.82, 2.24) is 9.78 Å². The molecular formula is C10H12N2. The van der Waals surface area contributed by atoms with Crippen molar-refractivity contribution in [2.24, 2.45) is 7.05 Å². The summed E-state index contributed by atoms with van der Waals surface area (Å²) in [5.41, 5.74) is 3.83. The van der Waals surface area contributed by atoms with Crippen LogP contribution in [0.4, 0.5) is 0 Å². The molecule has 0 unspecified atom stereocenters. The molecule has 0 aliphatic rings. The summed E-state index contributed by atoms with van der Waals surface area (Å²) in [5, 5.41) is 5.50. The van der Waals surface area contributed by atoms with Gasteiger partial charge in [0.25, 0.3) is 0 Å². The maximum absolute atomic E-state index is 4.23. The molecule has 0 saturated carbocycles. The Balaban J connectivity index is 2.98. The lowest BCUT2D eigenvalue weighted by Crippen LogP contribution is -1.91. The molecule has 0 bridgehead atoms. The zero-order valence-corrected chi connectivity index (χ0v) is 7.63. The standard InChI is InChI=1S/C10H12N2/c1-7-4-5-8(2)10-9(7)6-11-12(10)3/h4-6H,1-3H3. The van der Waals surface area contributed by atoms with E-state index < -0.39 is 0 Å². The van der Waals surface area contributed by atoms with Gasteiger partial charge in [0.1, 0.15) is 0 Å². The van der Waals surface area contributed by atoms with Crippen molar-refractivity contribution in [3.8, 4) is 0 Å². The van der Waals surface area contributed by atoms with Gasteiger partial charge in [-0.15, -0.1) is 0 Å². The molecule has 0 aliphatic heterocycles. The van der Waals surface area contributed by atoms with Crippen LogP contribution in [0.1, 0.15) is 11.1 Å². The third kappa shape index (κ3) is 0.843. The maximum atomic E-state index is 4.23. The zero-order chi connectivity index (χ0) is 8.72. The van der Waals surface area contributed by atoms with E-state index in [-0.39, 0.29) is 0 Å². The van der Waals surface area contributed by atoms with Gasteiger partial charge >= 0.3 is 0 Å². The van der Waals surface area contributed by atoms with Gasteiger partial charge < -0.3 is 0 Å². The van der Waals surface area contributed by atoms with Crippen LogP contribution < -0.4 is 0 Å². The fourth-order valence-corrected chi connectivity index (χ4v) is 1.61. The van der Waals surface area contributed by atoms with Crippen LogP contribution in [0, 0.1) is 13.8 Å². The first-order valence-electron chi connectivity index (χ1n) is 4.08. The molecule has 1 heterocycles. The van der Waals surface area contributed by atoms with Crippen molar-refractivity contribution >= 4 is 10.9 Å². The molecule has 12 heavy (non-hydrogen) atoms. The fourth-order valence-electron chi connectivity index (χ4n) is 1.61. The van der Waals surface area contributed by atoms with Crippen LogP contribution in [0.15, 0.2) is 18.3 Å². The largest absolute Gasteiger partial charge is 0.268 e. The topological polar surface area (TPSA) is 17.8 Å². The normalized spacial score (nSPS) is 10.9. The first-order valence-corrected chi connectivity index (χ1v) is 4.08. The summed E-state index contributed by atoms with van der Waals surface area (Å²) in [4.78, 5) is 0. The monoisotopic (exact) mass is 160 g/mol. The quantitative estimate of drug-likeness (QED) is 0.577. The number of benzene rings is 1. The zero-order valence-electron chi connectivity index (χ0n) is 7.63. The lowest BCUT2D eigenvalue weighted by atomic mass is 10.1. The predicted octanol–water partition coefficient (Wildman–Crippen LogP) is 2.19. The van der Waals surface area contributed by atoms with Gasteiger partial charge in [0.15, 0.2) is 0 Å². The summed E-state index contributed by atoms with van der Waals surface area (Å²) < 4.78 is 1.93. The number of hydrogen-bond donors (Lipinski definition) is 0. The van der Waals surface area contributed by atoms with E-state index in [0.717, 1.165) is 0 Å². The van der Waals surface area contributed by atoms with Gasteiger partial charge in [-0.25, -0.2) is 0 Å². The van der Waals surface area contributed by atoms with Gasteiger partial charge in [0, 0.05) is 12.4 Å². The molecule has 0 atom stereocenters. The van der Waals surface area contributed by atoms with E-state index in [1.807, 2.05) is 17.9 Å². The van der Waals surface area contributed by atoms with Crippen LogP contribution in [0.2, 0.25) is 0 Å². The van der Waals surface area contributed by atoms with Crippen molar-refractivity contribution < 1.29 is 0 Å². The molecule has 0 fully saturated rings. The van der Waals surface area contributed by atoms with E-state index in [0.29, 0.717) is 0 Å². The van der Waals surface area contributed by atoms with Crippen molar-refractivity contribution in [3.05, 3.63) is 29.5 Å². The Labute approximate surface area is 71.8 Å². The molecular weight excluding hydrogens is 148 g/mol. The Bertz CT molecular complexity index is 427. The molecule has 2 rings (SSSR count). The average molecular weight is 160 g/mol. The van der Waals surface area contributed by atoms with Crippen LogP contribution in [-0.4, -0.2) is 9.78 Å². The van der Waals surface area contributed by atoms with Gasteiger partial charge in [-0.2, -0.15) is 5.10 Å². The van der Waals surface area contributed by atoms with E-state index in [2.05, 4.69) is 31.1 Å². The third-order valence-corrected chi connectivity index (χ3v) is 2.32. The molecule has 0 saturated heterocycles.